The molecule has 1 amide bonds. The summed E-state index contributed by atoms with van der Waals surface area (Å²) in [6.45, 7) is 2.11. The Kier molecular flexibility index (Phi) is 3.80. The fourth-order valence-electron chi connectivity index (χ4n) is 2.26. The van der Waals surface area contributed by atoms with Crippen molar-refractivity contribution in [2.75, 3.05) is 6.54 Å². The first-order valence-electron chi connectivity index (χ1n) is 6.10. The third-order valence-electron chi connectivity index (χ3n) is 3.18. The lowest BCUT2D eigenvalue weighted by atomic mass is 9.98. The summed E-state index contributed by atoms with van der Waals surface area (Å²) in [5.41, 5.74) is 0.638. The molecule has 0 aliphatic rings. The van der Waals surface area contributed by atoms with Gasteiger partial charge in [0.1, 0.15) is 0 Å². The molecule has 0 saturated heterocycles. The third-order valence-corrected chi connectivity index (χ3v) is 3.18. The monoisotopic (exact) mass is 257 g/mol. The maximum absolute atomic E-state index is 11.5. The molecule has 19 heavy (non-hydrogen) atoms. The van der Waals surface area contributed by atoms with Gasteiger partial charge in [0.2, 0.25) is 6.41 Å². The Labute approximate surface area is 111 Å². The summed E-state index contributed by atoms with van der Waals surface area (Å²) < 4.78 is 0. The lowest BCUT2D eigenvalue weighted by Gasteiger charge is -2.24. The number of fused-ring (bicyclic) bond motifs is 1. The molecule has 4 heteroatoms. The Morgan fingerprint density at radius 2 is 1.95 bits per heavy atom. The molecule has 1 unspecified atom stereocenters. The Bertz CT molecular complexity index is 604. The Balaban J connectivity index is 2.62. The molecule has 1 atom stereocenters. The molecule has 0 bridgehead atoms. The van der Waals surface area contributed by atoms with Crippen molar-refractivity contribution in [3.05, 3.63) is 48.0 Å². The maximum Gasteiger partial charge on any atom is 0.331 e. The SMILES string of the molecule is CCN(C=O)C(C(=O)O)c1cccc2ccccc12. The number of likely N-dealkylation sites (N-methyl/N-ethyl adjacent to an activating group) is 1. The molecule has 0 spiro atoms. The highest BCUT2D eigenvalue weighted by Gasteiger charge is 2.26. The van der Waals surface area contributed by atoms with Crippen LogP contribution in [0.15, 0.2) is 42.5 Å². The van der Waals surface area contributed by atoms with Gasteiger partial charge >= 0.3 is 5.97 Å². The van der Waals surface area contributed by atoms with Gasteiger partial charge in [-0.05, 0) is 23.3 Å². The van der Waals surface area contributed by atoms with Gasteiger partial charge in [-0.3, -0.25) is 4.79 Å². The van der Waals surface area contributed by atoms with Crippen molar-refractivity contribution in [1.82, 2.24) is 4.90 Å². The second kappa shape index (κ2) is 5.52. The molecule has 0 heterocycles. The van der Waals surface area contributed by atoms with E-state index >= 15 is 0 Å². The maximum atomic E-state index is 11.5. The zero-order valence-electron chi connectivity index (χ0n) is 10.6. The highest BCUT2D eigenvalue weighted by molar-refractivity contribution is 5.91. The van der Waals surface area contributed by atoms with Gasteiger partial charge in [-0.2, -0.15) is 0 Å². The topological polar surface area (TPSA) is 57.6 Å². The molecule has 2 aromatic rings. The number of amides is 1. The van der Waals surface area contributed by atoms with Crippen LogP contribution in [0.1, 0.15) is 18.5 Å². The van der Waals surface area contributed by atoms with Crippen molar-refractivity contribution in [2.45, 2.75) is 13.0 Å². The summed E-state index contributed by atoms with van der Waals surface area (Å²) >= 11 is 0. The third kappa shape index (κ3) is 2.42. The van der Waals surface area contributed by atoms with Crippen LogP contribution in [-0.4, -0.2) is 28.9 Å². The van der Waals surface area contributed by atoms with Crippen LogP contribution in [0.2, 0.25) is 0 Å². The average Bonchev–Trinajstić information content (AvgIpc) is 2.44. The van der Waals surface area contributed by atoms with Crippen molar-refractivity contribution in [1.29, 1.82) is 0 Å². The van der Waals surface area contributed by atoms with E-state index in [0.717, 1.165) is 10.8 Å². The van der Waals surface area contributed by atoms with Gasteiger partial charge in [0.25, 0.3) is 0 Å². The van der Waals surface area contributed by atoms with E-state index in [2.05, 4.69) is 0 Å². The van der Waals surface area contributed by atoms with Crippen molar-refractivity contribution in [2.24, 2.45) is 0 Å². The number of carbonyl (C=O) groups excluding carboxylic acids is 1. The van der Waals surface area contributed by atoms with Crippen molar-refractivity contribution < 1.29 is 14.7 Å². The van der Waals surface area contributed by atoms with Gasteiger partial charge in [-0.25, -0.2) is 4.79 Å². The van der Waals surface area contributed by atoms with E-state index in [1.165, 1.54) is 4.90 Å². The fraction of sp³-hybridized carbons (Fsp3) is 0.200. The summed E-state index contributed by atoms with van der Waals surface area (Å²) in [5, 5.41) is 11.2. The summed E-state index contributed by atoms with van der Waals surface area (Å²) in [4.78, 5) is 23.8. The normalized spacial score (nSPS) is 12.1. The molecule has 0 radical (unpaired) electrons. The van der Waals surface area contributed by atoms with Gasteiger partial charge in [0.05, 0.1) is 0 Å². The summed E-state index contributed by atoms with van der Waals surface area (Å²) in [7, 11) is 0. The minimum atomic E-state index is -1.02. The molecule has 0 aliphatic carbocycles. The highest BCUT2D eigenvalue weighted by Crippen LogP contribution is 2.27. The summed E-state index contributed by atoms with van der Waals surface area (Å²) in [6.07, 6.45) is 0.584. The summed E-state index contributed by atoms with van der Waals surface area (Å²) in [6, 6.07) is 12.1. The van der Waals surface area contributed by atoms with E-state index in [1.807, 2.05) is 36.4 Å². The van der Waals surface area contributed by atoms with Crippen LogP contribution < -0.4 is 0 Å². The van der Waals surface area contributed by atoms with E-state index in [9.17, 15) is 14.7 Å². The van der Waals surface area contributed by atoms with E-state index in [1.54, 1.807) is 13.0 Å². The van der Waals surface area contributed by atoms with Gasteiger partial charge in [-0.15, -0.1) is 0 Å². The zero-order valence-corrected chi connectivity index (χ0v) is 10.6. The minimum Gasteiger partial charge on any atom is -0.479 e. The Hall–Kier alpha value is -2.36. The van der Waals surface area contributed by atoms with Crippen LogP contribution in [0.5, 0.6) is 0 Å². The van der Waals surface area contributed by atoms with Gasteiger partial charge in [0.15, 0.2) is 6.04 Å². The van der Waals surface area contributed by atoms with Crippen LogP contribution in [0.4, 0.5) is 0 Å². The van der Waals surface area contributed by atoms with Gasteiger partial charge < -0.3 is 10.0 Å². The molecule has 1 N–H and O–H groups in total. The Morgan fingerprint density at radius 1 is 1.26 bits per heavy atom. The van der Waals surface area contributed by atoms with Crippen molar-refractivity contribution >= 4 is 23.2 Å². The molecule has 2 aromatic carbocycles. The first kappa shape index (κ1) is 13.1. The molecule has 4 nitrogen and oxygen atoms in total. The fourth-order valence-corrected chi connectivity index (χ4v) is 2.26. The highest BCUT2D eigenvalue weighted by atomic mass is 16.4. The number of carboxylic acids is 1. The van der Waals surface area contributed by atoms with Crippen LogP contribution in [0.25, 0.3) is 10.8 Å². The van der Waals surface area contributed by atoms with Crippen molar-refractivity contribution in [3.63, 3.8) is 0 Å². The number of carbonyl (C=O) groups is 2. The molecule has 98 valence electrons. The van der Waals surface area contributed by atoms with Crippen LogP contribution in [-0.2, 0) is 9.59 Å². The van der Waals surface area contributed by atoms with E-state index in [0.29, 0.717) is 18.5 Å². The molecule has 0 fully saturated rings. The quantitative estimate of drug-likeness (QED) is 0.837. The number of nitrogens with zero attached hydrogens (tertiary/aromatic N) is 1. The van der Waals surface area contributed by atoms with Crippen LogP contribution in [0, 0.1) is 0 Å². The van der Waals surface area contributed by atoms with Crippen LogP contribution >= 0.6 is 0 Å². The van der Waals surface area contributed by atoms with E-state index in [4.69, 9.17) is 0 Å². The zero-order chi connectivity index (χ0) is 13.8. The lowest BCUT2D eigenvalue weighted by molar-refractivity contribution is -0.146. The number of aliphatic carboxylic acids is 1. The van der Waals surface area contributed by atoms with Crippen LogP contribution in [0.3, 0.4) is 0 Å². The van der Waals surface area contributed by atoms with Crippen molar-refractivity contribution in [3.8, 4) is 0 Å². The first-order valence-corrected chi connectivity index (χ1v) is 6.10. The van der Waals surface area contributed by atoms with Gasteiger partial charge in [-0.1, -0.05) is 42.5 Å². The smallest absolute Gasteiger partial charge is 0.331 e. The van der Waals surface area contributed by atoms with E-state index in [-0.39, 0.29) is 0 Å². The first-order chi connectivity index (χ1) is 9.19. The molecule has 0 aliphatic heterocycles. The predicted molar refractivity (Wildman–Crippen MR) is 72.8 cm³/mol. The molecular formula is C15H15NO3. The Morgan fingerprint density at radius 3 is 2.58 bits per heavy atom. The predicted octanol–water partition coefficient (Wildman–Crippen LogP) is 2.44. The average molecular weight is 257 g/mol. The molecule has 0 saturated carbocycles. The number of rotatable bonds is 5. The number of hydrogen-bond donors (Lipinski definition) is 1. The minimum absolute atomic E-state index is 0.351. The van der Waals surface area contributed by atoms with Gasteiger partial charge in [0, 0.05) is 6.54 Å². The molecular weight excluding hydrogens is 242 g/mol. The number of carboxylic acid groups (broad SMARTS) is 1. The molecule has 0 aromatic heterocycles. The number of benzene rings is 2. The lowest BCUT2D eigenvalue weighted by Crippen LogP contribution is -2.33. The molecule has 2 rings (SSSR count). The second-order valence-corrected chi connectivity index (χ2v) is 4.25. The largest absolute Gasteiger partial charge is 0.479 e. The summed E-state index contributed by atoms with van der Waals surface area (Å²) in [5.74, 6) is -1.02. The van der Waals surface area contributed by atoms with E-state index < -0.39 is 12.0 Å². The second-order valence-electron chi connectivity index (χ2n) is 4.25. The standard InChI is InChI=1S/C15H15NO3/c1-2-16(10-17)14(15(18)19)13-9-5-7-11-6-3-4-8-12(11)13/h3-10,14H,2H2,1H3,(H,18,19). The number of hydrogen-bond acceptors (Lipinski definition) is 2.